The number of carbonyl (C=O) groups is 2. The molecule has 0 aliphatic carbocycles. The van der Waals surface area contributed by atoms with Crippen molar-refractivity contribution in [2.24, 2.45) is 5.73 Å². The van der Waals surface area contributed by atoms with E-state index < -0.39 is 0 Å². The Hall–Kier alpha value is -2.86. The maximum Gasteiger partial charge on any atom is 0.319 e. The van der Waals surface area contributed by atoms with Gasteiger partial charge in [-0.05, 0) is 42.5 Å². The van der Waals surface area contributed by atoms with Crippen LogP contribution in [0.4, 0.5) is 10.5 Å². The zero-order valence-corrected chi connectivity index (χ0v) is 15.4. The number of nitrogens with two attached hydrogens (primary N) is 1. The second kappa shape index (κ2) is 9.19. The van der Waals surface area contributed by atoms with Crippen molar-refractivity contribution in [3.05, 3.63) is 65.7 Å². The van der Waals surface area contributed by atoms with Crippen LogP contribution in [0.15, 0.2) is 54.6 Å². The molecule has 3 amide bonds. The first-order valence-corrected chi connectivity index (χ1v) is 9.29. The van der Waals surface area contributed by atoms with Crippen LogP contribution >= 0.6 is 0 Å². The number of piperidine rings is 1. The highest BCUT2D eigenvalue weighted by molar-refractivity contribution is 5.89. The van der Waals surface area contributed by atoms with Gasteiger partial charge in [-0.2, -0.15) is 0 Å². The second-order valence-corrected chi connectivity index (χ2v) is 6.98. The fourth-order valence-electron chi connectivity index (χ4n) is 3.40. The van der Waals surface area contributed by atoms with Gasteiger partial charge in [0.25, 0.3) is 0 Å². The summed E-state index contributed by atoms with van der Waals surface area (Å²) < 4.78 is 0. The van der Waals surface area contributed by atoms with Gasteiger partial charge in [-0.15, -0.1) is 0 Å². The van der Waals surface area contributed by atoms with Crippen molar-refractivity contribution in [1.82, 2.24) is 10.2 Å². The molecule has 0 radical (unpaired) electrons. The Bertz CT molecular complexity index is 771. The quantitative estimate of drug-likeness (QED) is 0.733. The summed E-state index contributed by atoms with van der Waals surface area (Å²) >= 11 is 0. The third kappa shape index (κ3) is 6.11. The third-order valence-corrected chi connectivity index (χ3v) is 4.74. The number of hydrogen-bond donors (Lipinski definition) is 3. The van der Waals surface area contributed by atoms with E-state index in [1.807, 2.05) is 41.3 Å². The van der Waals surface area contributed by atoms with Crippen LogP contribution in [0, 0.1) is 0 Å². The van der Waals surface area contributed by atoms with Crippen molar-refractivity contribution in [3.63, 3.8) is 0 Å². The van der Waals surface area contributed by atoms with Crippen LogP contribution in [-0.4, -0.2) is 42.5 Å². The van der Waals surface area contributed by atoms with E-state index in [1.165, 1.54) is 5.56 Å². The fraction of sp³-hybridized carbons (Fsp3) is 0.333. The lowest BCUT2D eigenvalue weighted by molar-refractivity contribution is -0.119. The highest BCUT2D eigenvalue weighted by atomic mass is 16.2. The van der Waals surface area contributed by atoms with Crippen LogP contribution in [0.3, 0.4) is 0 Å². The van der Waals surface area contributed by atoms with Gasteiger partial charge < -0.3 is 16.4 Å². The Balaban J connectivity index is 1.48. The van der Waals surface area contributed by atoms with Crippen LogP contribution < -0.4 is 16.4 Å². The minimum atomic E-state index is -0.311. The summed E-state index contributed by atoms with van der Waals surface area (Å²) in [5, 5.41) is 5.94. The van der Waals surface area contributed by atoms with Crippen molar-refractivity contribution in [2.75, 3.05) is 25.0 Å². The molecule has 0 saturated carbocycles. The number of primary amides is 1. The molecule has 0 unspecified atom stereocenters. The molecular formula is C21H26N4O2. The normalized spacial score (nSPS) is 15.3. The van der Waals surface area contributed by atoms with Gasteiger partial charge in [-0.3, -0.25) is 9.69 Å². The standard InChI is InChI=1S/C21H26N4O2/c22-20(26)15-25-11-9-18(10-12-25)23-21(27)24-19-8-4-7-17(14-19)13-16-5-2-1-3-6-16/h1-8,14,18H,9-13,15H2,(H2,22,26)(H2,23,24,27). The number of rotatable bonds is 6. The SMILES string of the molecule is NC(=O)CN1CCC(NC(=O)Nc2cccc(Cc3ccccc3)c2)CC1. The van der Waals surface area contributed by atoms with E-state index in [9.17, 15) is 9.59 Å². The fourth-order valence-corrected chi connectivity index (χ4v) is 3.40. The summed E-state index contributed by atoms with van der Waals surface area (Å²) in [4.78, 5) is 25.3. The van der Waals surface area contributed by atoms with Gasteiger partial charge >= 0.3 is 6.03 Å². The molecule has 1 aliphatic rings. The van der Waals surface area contributed by atoms with Crippen molar-refractivity contribution in [2.45, 2.75) is 25.3 Å². The summed E-state index contributed by atoms with van der Waals surface area (Å²) in [6, 6.07) is 18.1. The summed E-state index contributed by atoms with van der Waals surface area (Å²) in [6.45, 7) is 1.81. The first-order chi connectivity index (χ1) is 13.1. The molecule has 4 N–H and O–H groups in total. The molecule has 1 aliphatic heterocycles. The van der Waals surface area contributed by atoms with Gasteiger partial charge in [0.1, 0.15) is 0 Å². The molecule has 142 valence electrons. The van der Waals surface area contributed by atoms with Crippen LogP contribution in [-0.2, 0) is 11.2 Å². The Morgan fingerprint density at radius 1 is 1.00 bits per heavy atom. The Kier molecular flexibility index (Phi) is 6.44. The molecule has 27 heavy (non-hydrogen) atoms. The molecule has 0 spiro atoms. The molecule has 3 rings (SSSR count). The molecule has 2 aromatic rings. The molecular weight excluding hydrogens is 340 g/mol. The Morgan fingerprint density at radius 2 is 1.70 bits per heavy atom. The number of anilines is 1. The average molecular weight is 366 g/mol. The molecule has 1 saturated heterocycles. The van der Waals surface area contributed by atoms with Gasteiger partial charge in [0.05, 0.1) is 6.54 Å². The maximum absolute atomic E-state index is 12.3. The second-order valence-electron chi connectivity index (χ2n) is 6.98. The lowest BCUT2D eigenvalue weighted by Gasteiger charge is -2.31. The van der Waals surface area contributed by atoms with Crippen LogP contribution in [0.5, 0.6) is 0 Å². The molecule has 2 aromatic carbocycles. The third-order valence-electron chi connectivity index (χ3n) is 4.74. The van der Waals surface area contributed by atoms with E-state index >= 15 is 0 Å². The zero-order valence-electron chi connectivity index (χ0n) is 15.4. The predicted octanol–water partition coefficient (Wildman–Crippen LogP) is 2.35. The number of nitrogens with one attached hydrogen (secondary N) is 2. The highest BCUT2D eigenvalue weighted by Crippen LogP contribution is 2.15. The number of likely N-dealkylation sites (tertiary alicyclic amines) is 1. The van der Waals surface area contributed by atoms with Crippen molar-refractivity contribution in [3.8, 4) is 0 Å². The summed E-state index contributed by atoms with van der Waals surface area (Å²) in [5.41, 5.74) is 8.40. The van der Waals surface area contributed by atoms with Crippen LogP contribution in [0.1, 0.15) is 24.0 Å². The Morgan fingerprint density at radius 3 is 2.41 bits per heavy atom. The first kappa shape index (κ1) is 18.9. The first-order valence-electron chi connectivity index (χ1n) is 9.29. The van der Waals surface area contributed by atoms with Gasteiger partial charge in [0, 0.05) is 24.8 Å². The number of carbonyl (C=O) groups excluding carboxylic acids is 2. The smallest absolute Gasteiger partial charge is 0.319 e. The highest BCUT2D eigenvalue weighted by Gasteiger charge is 2.21. The predicted molar refractivity (Wildman–Crippen MR) is 107 cm³/mol. The van der Waals surface area contributed by atoms with Crippen molar-refractivity contribution >= 4 is 17.6 Å². The summed E-state index contributed by atoms with van der Waals surface area (Å²) in [7, 11) is 0. The van der Waals surface area contributed by atoms with E-state index in [0.717, 1.165) is 43.6 Å². The maximum atomic E-state index is 12.3. The van der Waals surface area contributed by atoms with E-state index in [4.69, 9.17) is 5.73 Å². The number of benzene rings is 2. The van der Waals surface area contributed by atoms with E-state index in [1.54, 1.807) is 0 Å². The van der Waals surface area contributed by atoms with Gasteiger partial charge in [-0.25, -0.2) is 4.79 Å². The molecule has 0 aromatic heterocycles. The van der Waals surface area contributed by atoms with Crippen LogP contribution in [0.2, 0.25) is 0 Å². The Labute approximate surface area is 159 Å². The number of urea groups is 1. The minimum absolute atomic E-state index is 0.113. The molecule has 6 nitrogen and oxygen atoms in total. The number of nitrogens with zero attached hydrogens (tertiary/aromatic N) is 1. The molecule has 1 heterocycles. The van der Waals surface area contributed by atoms with E-state index in [2.05, 4.69) is 28.8 Å². The number of hydrogen-bond acceptors (Lipinski definition) is 3. The lowest BCUT2D eigenvalue weighted by Crippen LogP contribution is -2.47. The molecule has 6 heteroatoms. The zero-order chi connectivity index (χ0) is 19.1. The summed E-state index contributed by atoms with van der Waals surface area (Å²) in [6.07, 6.45) is 2.46. The van der Waals surface area contributed by atoms with Gasteiger partial charge in [0.2, 0.25) is 5.91 Å². The molecule has 0 bridgehead atoms. The van der Waals surface area contributed by atoms with E-state index in [0.29, 0.717) is 0 Å². The van der Waals surface area contributed by atoms with Crippen molar-refractivity contribution in [1.29, 1.82) is 0 Å². The van der Waals surface area contributed by atoms with Gasteiger partial charge in [-0.1, -0.05) is 42.5 Å². The minimum Gasteiger partial charge on any atom is -0.369 e. The van der Waals surface area contributed by atoms with Gasteiger partial charge in [0.15, 0.2) is 0 Å². The topological polar surface area (TPSA) is 87.5 Å². The number of amides is 3. The average Bonchev–Trinajstić information content (AvgIpc) is 2.64. The lowest BCUT2D eigenvalue weighted by atomic mass is 10.0. The van der Waals surface area contributed by atoms with Crippen molar-refractivity contribution < 1.29 is 9.59 Å². The molecule has 0 atom stereocenters. The summed E-state index contributed by atoms with van der Waals surface area (Å²) in [5.74, 6) is -0.311. The van der Waals surface area contributed by atoms with Crippen LogP contribution in [0.25, 0.3) is 0 Å². The molecule has 1 fully saturated rings. The monoisotopic (exact) mass is 366 g/mol. The largest absolute Gasteiger partial charge is 0.369 e. The van der Waals surface area contributed by atoms with E-state index in [-0.39, 0.29) is 24.5 Å².